The zero-order valence-electron chi connectivity index (χ0n) is 29.3. The van der Waals surface area contributed by atoms with Crippen LogP contribution in [0.1, 0.15) is 101 Å². The van der Waals surface area contributed by atoms with Crippen molar-refractivity contribution in [3.8, 4) is 0 Å². The van der Waals surface area contributed by atoms with E-state index in [1.54, 1.807) is 14.2 Å². The minimum absolute atomic E-state index is 0.0894. The molecule has 0 saturated heterocycles. The normalized spacial score (nSPS) is 13.5. The zero-order chi connectivity index (χ0) is 33.2. The zero-order valence-corrected chi connectivity index (χ0v) is 29.3. The Morgan fingerprint density at radius 2 is 1.07 bits per heavy atom. The fourth-order valence-corrected chi connectivity index (χ4v) is 4.40. The van der Waals surface area contributed by atoms with Crippen LogP contribution in [-0.4, -0.2) is 90.7 Å². The summed E-state index contributed by atoms with van der Waals surface area (Å²) in [7, 11) is 3.35. The number of carbonyl (C=O) groups excluding carboxylic acids is 3. The summed E-state index contributed by atoms with van der Waals surface area (Å²) in [6, 6.07) is -0.795. The fraction of sp³-hybridized carbons (Fsp3) is 0.909. The molecule has 0 bridgehead atoms. The van der Waals surface area contributed by atoms with Crippen LogP contribution in [-0.2, 0) is 33.3 Å². The third-order valence-electron chi connectivity index (χ3n) is 6.87. The molecule has 0 aromatic carbocycles. The van der Waals surface area contributed by atoms with Crippen LogP contribution in [0.15, 0.2) is 0 Å². The molecule has 10 nitrogen and oxygen atoms in total. The van der Waals surface area contributed by atoms with E-state index in [0.717, 1.165) is 19.3 Å². The Labute approximate surface area is 262 Å². The Hall–Kier alpha value is -1.75. The van der Waals surface area contributed by atoms with Gasteiger partial charge in [-0.3, -0.25) is 14.4 Å². The van der Waals surface area contributed by atoms with Crippen LogP contribution >= 0.6 is 0 Å². The Balaban J connectivity index is 4.98. The molecule has 0 aliphatic rings. The number of hydrogen-bond acceptors (Lipinski definition) is 7. The number of hydrogen-bond donors (Lipinski definition) is 3. The summed E-state index contributed by atoms with van der Waals surface area (Å²) >= 11 is 0. The van der Waals surface area contributed by atoms with Gasteiger partial charge < -0.3 is 34.9 Å². The molecule has 0 aromatic rings. The van der Waals surface area contributed by atoms with Crippen LogP contribution in [0.2, 0.25) is 0 Å². The first-order valence-electron chi connectivity index (χ1n) is 15.8. The summed E-state index contributed by atoms with van der Waals surface area (Å²) in [5.41, 5.74) is -0.785. The predicted molar refractivity (Wildman–Crippen MR) is 172 cm³/mol. The van der Waals surface area contributed by atoms with Crippen LogP contribution in [0.4, 0.5) is 0 Å². The van der Waals surface area contributed by atoms with E-state index in [-0.39, 0.29) is 52.2 Å². The first-order valence-corrected chi connectivity index (χ1v) is 15.8. The van der Waals surface area contributed by atoms with E-state index >= 15 is 0 Å². The molecule has 254 valence electrons. The van der Waals surface area contributed by atoms with Crippen molar-refractivity contribution < 1.29 is 33.3 Å². The number of unbranched alkanes of at least 4 members (excludes halogenated alkanes) is 2. The van der Waals surface area contributed by atoms with Crippen LogP contribution in [0, 0.1) is 21.7 Å². The molecule has 0 aromatic heterocycles. The molecule has 0 radical (unpaired) electrons. The van der Waals surface area contributed by atoms with E-state index in [0.29, 0.717) is 59.2 Å². The number of carbonyl (C=O) groups is 3. The molecule has 3 N–H and O–H groups in total. The number of nitrogens with one attached hydrogen (secondary N) is 3. The van der Waals surface area contributed by atoms with Crippen molar-refractivity contribution in [2.75, 3.05) is 67.0 Å². The molecule has 0 aliphatic carbocycles. The molecule has 1 atom stereocenters. The van der Waals surface area contributed by atoms with Crippen LogP contribution < -0.4 is 16.0 Å². The van der Waals surface area contributed by atoms with Crippen molar-refractivity contribution in [1.29, 1.82) is 0 Å². The smallest absolute Gasteiger partial charge is 0.242 e. The lowest BCUT2D eigenvalue weighted by Crippen LogP contribution is -2.49. The topological polar surface area (TPSA) is 124 Å². The van der Waals surface area contributed by atoms with Gasteiger partial charge >= 0.3 is 0 Å². The first-order chi connectivity index (χ1) is 19.9. The van der Waals surface area contributed by atoms with Gasteiger partial charge in [-0.05, 0) is 12.8 Å². The molecule has 10 heteroatoms. The minimum atomic E-state index is -0.795. The van der Waals surface area contributed by atoms with Gasteiger partial charge in [-0.15, -0.1) is 0 Å². The maximum absolute atomic E-state index is 13.2. The van der Waals surface area contributed by atoms with Gasteiger partial charge in [0.15, 0.2) is 0 Å². The maximum Gasteiger partial charge on any atom is 0.242 e. The lowest BCUT2D eigenvalue weighted by Gasteiger charge is -2.29. The Bertz CT molecular complexity index is 812. The van der Waals surface area contributed by atoms with E-state index < -0.39 is 6.04 Å². The van der Waals surface area contributed by atoms with E-state index in [1.165, 1.54) is 0 Å². The number of ether oxygens (including phenoxy) is 4. The van der Waals surface area contributed by atoms with Gasteiger partial charge in [-0.25, -0.2) is 0 Å². The van der Waals surface area contributed by atoms with Crippen molar-refractivity contribution in [1.82, 2.24) is 16.0 Å². The van der Waals surface area contributed by atoms with Gasteiger partial charge in [-0.2, -0.15) is 0 Å². The average Bonchev–Trinajstić information content (AvgIpc) is 2.88. The average molecular weight is 616 g/mol. The molecular weight excluding hydrogens is 550 g/mol. The lowest BCUT2D eigenvalue weighted by molar-refractivity contribution is -0.130. The van der Waals surface area contributed by atoms with Crippen molar-refractivity contribution in [2.45, 2.75) is 107 Å². The highest BCUT2D eigenvalue weighted by Gasteiger charge is 2.27. The van der Waals surface area contributed by atoms with Gasteiger partial charge in [-0.1, -0.05) is 75.2 Å². The Morgan fingerprint density at radius 1 is 0.605 bits per heavy atom. The number of amides is 3. The van der Waals surface area contributed by atoms with Gasteiger partial charge in [0.05, 0.1) is 39.6 Å². The minimum Gasteiger partial charge on any atom is -0.384 e. The number of methoxy groups -OCH3 is 2. The third-order valence-corrected chi connectivity index (χ3v) is 6.87. The quantitative estimate of drug-likeness (QED) is 0.129. The van der Waals surface area contributed by atoms with Crippen LogP contribution in [0.25, 0.3) is 0 Å². The van der Waals surface area contributed by atoms with Gasteiger partial charge in [0.1, 0.15) is 6.04 Å². The summed E-state index contributed by atoms with van der Waals surface area (Å²) in [5, 5.41) is 8.81. The van der Waals surface area contributed by atoms with Crippen molar-refractivity contribution >= 4 is 17.7 Å². The summed E-state index contributed by atoms with van der Waals surface area (Å²) in [6.45, 7) is 22.6. The molecule has 0 spiro atoms. The molecule has 0 aliphatic heterocycles. The second kappa shape index (κ2) is 20.3. The maximum atomic E-state index is 13.2. The second-order valence-corrected chi connectivity index (χ2v) is 15.1. The predicted octanol–water partition coefficient (Wildman–Crippen LogP) is 4.49. The summed E-state index contributed by atoms with van der Waals surface area (Å²) < 4.78 is 22.4. The van der Waals surface area contributed by atoms with E-state index in [2.05, 4.69) is 50.6 Å². The first kappa shape index (κ1) is 41.2. The van der Waals surface area contributed by atoms with E-state index in [9.17, 15) is 14.4 Å². The largest absolute Gasteiger partial charge is 0.384 e. The molecule has 0 rings (SSSR count). The van der Waals surface area contributed by atoms with Crippen LogP contribution in [0.3, 0.4) is 0 Å². The summed E-state index contributed by atoms with van der Waals surface area (Å²) in [4.78, 5) is 38.6. The fourth-order valence-electron chi connectivity index (χ4n) is 4.40. The van der Waals surface area contributed by atoms with Crippen molar-refractivity contribution in [3.63, 3.8) is 0 Å². The molecular formula is C33H65N3O7. The Morgan fingerprint density at radius 3 is 1.53 bits per heavy atom. The SMILES string of the molecule is CCCCCC(=O)N[C@@H](CCC(=O)NCC(C)(C)COCC(C)(C)COC)C(=O)NCC(C)(C)COCC(C)(C)COC. The Kier molecular flexibility index (Phi) is 19.5. The van der Waals surface area contributed by atoms with Gasteiger partial charge in [0.2, 0.25) is 17.7 Å². The third kappa shape index (κ3) is 21.6. The molecule has 0 saturated carbocycles. The molecule has 0 unspecified atom stereocenters. The lowest BCUT2D eigenvalue weighted by atomic mass is 9.93. The summed E-state index contributed by atoms with van der Waals surface area (Å²) in [5.74, 6) is -0.637. The van der Waals surface area contributed by atoms with Crippen LogP contribution in [0.5, 0.6) is 0 Å². The van der Waals surface area contributed by atoms with Crippen molar-refractivity contribution in [3.05, 3.63) is 0 Å². The van der Waals surface area contributed by atoms with E-state index in [1.807, 2.05) is 27.7 Å². The highest BCUT2D eigenvalue weighted by molar-refractivity contribution is 5.88. The highest BCUT2D eigenvalue weighted by Crippen LogP contribution is 2.21. The molecule has 43 heavy (non-hydrogen) atoms. The van der Waals surface area contributed by atoms with Crippen molar-refractivity contribution in [2.24, 2.45) is 21.7 Å². The van der Waals surface area contributed by atoms with E-state index in [4.69, 9.17) is 18.9 Å². The molecule has 0 fully saturated rings. The highest BCUT2D eigenvalue weighted by atomic mass is 16.5. The van der Waals surface area contributed by atoms with Gasteiger partial charge in [0.25, 0.3) is 0 Å². The summed E-state index contributed by atoms with van der Waals surface area (Å²) in [6.07, 6.45) is 3.40. The monoisotopic (exact) mass is 615 g/mol. The number of rotatable bonds is 25. The standard InChI is InChI=1S/C33H65N3O7/c1-12-13-14-15-28(38)36-26(29(39)35-19-31(4,5)23-43-25-33(8,9)21-41-11)16-17-27(37)34-18-30(2,3)22-42-24-32(6,7)20-40-10/h26H,12-25H2,1-11H3,(H,34,37)(H,35,39)(H,36,38)/t26-/m0/s1. The van der Waals surface area contributed by atoms with Gasteiger partial charge in [0, 0.05) is 61.8 Å². The molecule has 0 heterocycles. The molecule has 3 amide bonds. The second-order valence-electron chi connectivity index (χ2n) is 15.1.